The van der Waals surface area contributed by atoms with Crippen molar-refractivity contribution in [1.82, 2.24) is 39.9 Å². The molecule has 9 heteroatoms. The van der Waals surface area contributed by atoms with Crippen molar-refractivity contribution in [3.63, 3.8) is 0 Å². The lowest BCUT2D eigenvalue weighted by Gasteiger charge is -2.19. The number of aromatic nitrogens is 7. The van der Waals surface area contributed by atoms with Gasteiger partial charge in [0.05, 0.1) is 41.2 Å². The highest BCUT2D eigenvalue weighted by Gasteiger charge is 2.24. The molecule has 0 bridgehead atoms. The number of rotatable bonds is 2. The number of nitrogens with one attached hydrogen (secondary N) is 1. The van der Waals surface area contributed by atoms with Crippen molar-refractivity contribution in [3.05, 3.63) is 82.8 Å². The quantitative estimate of drug-likeness (QED) is 0.415. The van der Waals surface area contributed by atoms with Gasteiger partial charge < -0.3 is 5.32 Å². The van der Waals surface area contributed by atoms with Crippen molar-refractivity contribution < 1.29 is 4.39 Å². The van der Waals surface area contributed by atoms with E-state index in [9.17, 15) is 4.39 Å². The highest BCUT2D eigenvalue weighted by molar-refractivity contribution is 5.80. The summed E-state index contributed by atoms with van der Waals surface area (Å²) in [5.41, 5.74) is 7.97. The fourth-order valence-corrected chi connectivity index (χ4v) is 4.77. The molecule has 1 aliphatic heterocycles. The van der Waals surface area contributed by atoms with E-state index in [4.69, 9.17) is 5.10 Å². The van der Waals surface area contributed by atoms with Gasteiger partial charge in [-0.3, -0.25) is 4.68 Å². The minimum atomic E-state index is -0.127. The second-order valence-corrected chi connectivity index (χ2v) is 9.04. The van der Waals surface area contributed by atoms with Crippen LogP contribution in [0.4, 0.5) is 4.39 Å². The van der Waals surface area contributed by atoms with Gasteiger partial charge >= 0.3 is 0 Å². The van der Waals surface area contributed by atoms with E-state index >= 15 is 0 Å². The van der Waals surface area contributed by atoms with Crippen LogP contribution in [-0.2, 0) is 13.5 Å². The summed E-state index contributed by atoms with van der Waals surface area (Å²) in [4.78, 5) is 0. The minimum absolute atomic E-state index is 0.127. The topological polar surface area (TPSA) is 78.4 Å². The average Bonchev–Trinajstić information content (AvgIpc) is 3.58. The van der Waals surface area contributed by atoms with Crippen LogP contribution in [0.3, 0.4) is 0 Å². The molecule has 2 aromatic carbocycles. The molecule has 1 aliphatic rings. The van der Waals surface area contributed by atoms with Crippen LogP contribution < -0.4 is 5.32 Å². The Labute approximate surface area is 203 Å². The third-order valence-corrected chi connectivity index (χ3v) is 6.57. The van der Waals surface area contributed by atoms with E-state index in [1.165, 1.54) is 5.56 Å². The summed E-state index contributed by atoms with van der Waals surface area (Å²) in [5, 5.41) is 21.2. The van der Waals surface area contributed by atoms with Crippen LogP contribution in [0.1, 0.15) is 41.0 Å². The summed E-state index contributed by atoms with van der Waals surface area (Å²) >= 11 is 0. The van der Waals surface area contributed by atoms with Crippen molar-refractivity contribution in [3.8, 4) is 11.4 Å². The summed E-state index contributed by atoms with van der Waals surface area (Å²) in [5.74, 6) is -0.127. The predicted molar refractivity (Wildman–Crippen MR) is 133 cm³/mol. The maximum Gasteiger partial charge on any atom is 0.129 e. The third kappa shape index (κ3) is 4.23. The van der Waals surface area contributed by atoms with E-state index in [2.05, 4.69) is 34.6 Å². The normalized spacial score (nSPS) is 15.1. The van der Waals surface area contributed by atoms with Crippen LogP contribution in [0.5, 0.6) is 0 Å². The predicted octanol–water partition coefficient (Wildman–Crippen LogP) is 4.30. The molecule has 1 atom stereocenters. The number of fused-ring (bicyclic) bond motifs is 2. The second-order valence-electron chi connectivity index (χ2n) is 9.04. The Hall–Kier alpha value is -3.85. The molecule has 0 aliphatic carbocycles. The molecule has 6 rings (SSSR count). The van der Waals surface area contributed by atoms with Crippen LogP contribution in [0, 0.1) is 26.6 Å². The van der Waals surface area contributed by atoms with Gasteiger partial charge in [0.2, 0.25) is 0 Å². The number of hydrogen-bond acceptors (Lipinski definition) is 5. The smallest absolute Gasteiger partial charge is 0.129 e. The largest absolute Gasteiger partial charge is 0.310 e. The van der Waals surface area contributed by atoms with Gasteiger partial charge in [0, 0.05) is 42.7 Å². The lowest BCUT2D eigenvalue weighted by Crippen LogP contribution is -2.27. The second kappa shape index (κ2) is 9.07. The molecular formula is C26H29FN8. The van der Waals surface area contributed by atoms with Gasteiger partial charge in [-0.25, -0.2) is 13.8 Å². The fourth-order valence-electron chi connectivity index (χ4n) is 4.77. The van der Waals surface area contributed by atoms with Gasteiger partial charge in [0.1, 0.15) is 5.82 Å². The van der Waals surface area contributed by atoms with Crippen molar-refractivity contribution in [1.29, 1.82) is 0 Å². The van der Waals surface area contributed by atoms with Gasteiger partial charge in [-0.05, 0) is 69.2 Å². The first-order valence-electron chi connectivity index (χ1n) is 11.7. The maximum absolute atomic E-state index is 13.8. The van der Waals surface area contributed by atoms with Crippen molar-refractivity contribution >= 4 is 10.9 Å². The SMILES string of the molecule is Cc1cc(-n2nc3c(c2C)[C@H](C)NCC3)cc(C)c1F.Cn1ncc2cc(-n3ccnn3)ccc21. The Morgan fingerprint density at radius 1 is 1.06 bits per heavy atom. The monoisotopic (exact) mass is 472 g/mol. The molecule has 0 unspecified atom stereocenters. The van der Waals surface area contributed by atoms with Gasteiger partial charge in [0.15, 0.2) is 0 Å². The molecule has 35 heavy (non-hydrogen) atoms. The zero-order valence-corrected chi connectivity index (χ0v) is 20.6. The van der Waals surface area contributed by atoms with Gasteiger partial charge in [-0.2, -0.15) is 10.2 Å². The Bertz CT molecular complexity index is 1470. The number of benzene rings is 2. The molecule has 0 saturated heterocycles. The van der Waals surface area contributed by atoms with Crippen LogP contribution in [0.2, 0.25) is 0 Å². The Morgan fingerprint density at radius 2 is 1.83 bits per heavy atom. The van der Waals surface area contributed by atoms with Crippen LogP contribution in [0.15, 0.2) is 48.9 Å². The zero-order valence-electron chi connectivity index (χ0n) is 20.6. The molecule has 4 heterocycles. The average molecular weight is 473 g/mol. The molecule has 0 saturated carbocycles. The molecule has 3 aromatic heterocycles. The molecule has 0 spiro atoms. The van der Waals surface area contributed by atoms with Crippen LogP contribution in [-0.4, -0.2) is 41.1 Å². The zero-order chi connectivity index (χ0) is 24.7. The first-order chi connectivity index (χ1) is 16.8. The lowest BCUT2D eigenvalue weighted by molar-refractivity contribution is 0.536. The van der Waals surface area contributed by atoms with Crippen LogP contribution in [0.25, 0.3) is 22.3 Å². The first-order valence-corrected chi connectivity index (χ1v) is 11.7. The maximum atomic E-state index is 13.8. The van der Waals surface area contributed by atoms with Crippen LogP contribution >= 0.6 is 0 Å². The number of aryl methyl sites for hydroxylation is 3. The van der Waals surface area contributed by atoms with E-state index in [-0.39, 0.29) is 5.82 Å². The summed E-state index contributed by atoms with van der Waals surface area (Å²) in [7, 11) is 1.93. The van der Waals surface area contributed by atoms with E-state index in [0.717, 1.165) is 46.6 Å². The molecule has 0 amide bonds. The first kappa shape index (κ1) is 22.9. The third-order valence-electron chi connectivity index (χ3n) is 6.57. The number of hydrogen-bond donors (Lipinski definition) is 1. The number of nitrogens with zero attached hydrogens (tertiary/aromatic N) is 7. The molecule has 5 aromatic rings. The Morgan fingerprint density at radius 3 is 2.51 bits per heavy atom. The highest BCUT2D eigenvalue weighted by atomic mass is 19.1. The molecular weight excluding hydrogens is 443 g/mol. The van der Waals surface area contributed by atoms with E-state index in [1.54, 1.807) is 24.7 Å². The molecule has 0 radical (unpaired) electrons. The minimum Gasteiger partial charge on any atom is -0.310 e. The van der Waals surface area contributed by atoms with Gasteiger partial charge in [-0.15, -0.1) is 5.10 Å². The highest BCUT2D eigenvalue weighted by Crippen LogP contribution is 2.28. The molecule has 8 nitrogen and oxygen atoms in total. The van der Waals surface area contributed by atoms with E-state index in [1.807, 2.05) is 59.1 Å². The van der Waals surface area contributed by atoms with Gasteiger partial charge in [0.25, 0.3) is 0 Å². The lowest BCUT2D eigenvalue weighted by atomic mass is 10.0. The molecule has 0 fully saturated rings. The Balaban J connectivity index is 0.000000151. The van der Waals surface area contributed by atoms with Crippen molar-refractivity contribution in [2.24, 2.45) is 7.05 Å². The fraction of sp³-hybridized carbons (Fsp3) is 0.308. The Kier molecular flexibility index (Phi) is 5.94. The number of halogens is 1. The van der Waals surface area contributed by atoms with Gasteiger partial charge in [-0.1, -0.05) is 5.21 Å². The van der Waals surface area contributed by atoms with E-state index in [0.29, 0.717) is 17.2 Å². The molecule has 180 valence electrons. The van der Waals surface area contributed by atoms with Crippen molar-refractivity contribution in [2.75, 3.05) is 6.54 Å². The van der Waals surface area contributed by atoms with E-state index < -0.39 is 0 Å². The summed E-state index contributed by atoms with van der Waals surface area (Å²) in [6, 6.07) is 10.1. The molecule has 1 N–H and O–H groups in total. The summed E-state index contributed by atoms with van der Waals surface area (Å²) < 4.78 is 19.3. The van der Waals surface area contributed by atoms with Crippen molar-refractivity contribution in [2.45, 2.75) is 40.2 Å². The summed E-state index contributed by atoms with van der Waals surface area (Å²) in [6.45, 7) is 8.82. The summed E-state index contributed by atoms with van der Waals surface area (Å²) in [6.07, 6.45) is 6.27. The standard InChI is InChI=1S/C16H20FN3.C10H9N5/c1-9-7-13(8-10(2)16(9)17)20-12(4)15-11(3)18-6-5-14(15)19-20;1-14-10-3-2-9(6-8(10)7-12-14)15-5-4-11-13-15/h7-8,11,18H,5-6H2,1-4H3;2-7H,1H3/t11-;/m0./s1.